The van der Waals surface area contributed by atoms with Crippen LogP contribution in [0.3, 0.4) is 0 Å². The van der Waals surface area contributed by atoms with Gasteiger partial charge in [-0.3, -0.25) is 0 Å². The van der Waals surface area contributed by atoms with Crippen LogP contribution in [-0.4, -0.2) is 24.2 Å². The number of imidazole rings is 1. The van der Waals surface area contributed by atoms with Gasteiger partial charge in [-0.1, -0.05) is 6.07 Å². The van der Waals surface area contributed by atoms with Crippen LogP contribution in [0.5, 0.6) is 11.5 Å². The van der Waals surface area contributed by atoms with E-state index >= 15 is 0 Å². The van der Waals surface area contributed by atoms with Crippen LogP contribution in [-0.2, 0) is 13.0 Å². The molecule has 0 amide bonds. The first-order valence-electron chi connectivity index (χ1n) is 5.70. The number of hydrogen-bond acceptors (Lipinski definition) is 4. The average Bonchev–Trinajstić information content (AvgIpc) is 2.87. The second-order valence-corrected chi connectivity index (χ2v) is 3.91. The predicted molar refractivity (Wildman–Crippen MR) is 68.8 cm³/mol. The number of nitrogens with one attached hydrogen (secondary N) is 1. The van der Waals surface area contributed by atoms with Crippen molar-refractivity contribution in [2.24, 2.45) is 5.73 Å². The molecular weight excluding hydrogens is 230 g/mol. The first kappa shape index (κ1) is 12.4. The van der Waals surface area contributed by atoms with Crippen LogP contribution < -0.4 is 15.2 Å². The van der Waals surface area contributed by atoms with Crippen molar-refractivity contribution in [1.29, 1.82) is 0 Å². The molecule has 0 bridgehead atoms. The Labute approximate surface area is 106 Å². The summed E-state index contributed by atoms with van der Waals surface area (Å²) in [6.07, 6.45) is 2.43. The van der Waals surface area contributed by atoms with E-state index in [1.165, 1.54) is 0 Å². The van der Waals surface area contributed by atoms with Crippen LogP contribution in [0.25, 0.3) is 0 Å². The molecule has 1 aromatic carbocycles. The van der Waals surface area contributed by atoms with Crippen molar-refractivity contribution in [3.8, 4) is 11.5 Å². The van der Waals surface area contributed by atoms with E-state index < -0.39 is 0 Å². The predicted octanol–water partition coefficient (Wildman–Crippen LogP) is 1.48. The molecule has 2 rings (SSSR count). The molecule has 3 N–H and O–H groups in total. The Bertz CT molecular complexity index is 523. The molecule has 0 atom stereocenters. The van der Waals surface area contributed by atoms with E-state index in [2.05, 4.69) is 9.97 Å². The first-order valence-corrected chi connectivity index (χ1v) is 5.70. The average molecular weight is 247 g/mol. The number of aromatic nitrogens is 2. The number of nitrogens with zero attached hydrogens (tertiary/aromatic N) is 1. The Hall–Kier alpha value is -2.01. The second kappa shape index (κ2) is 5.55. The fourth-order valence-corrected chi connectivity index (χ4v) is 1.78. The highest BCUT2D eigenvalue weighted by molar-refractivity contribution is 5.42. The minimum absolute atomic E-state index is 0.465. The molecule has 5 heteroatoms. The lowest BCUT2D eigenvalue weighted by atomic mass is 10.1. The lowest BCUT2D eigenvalue weighted by Gasteiger charge is -2.09. The Balaban J connectivity index is 2.22. The van der Waals surface area contributed by atoms with Crippen LogP contribution in [0, 0.1) is 0 Å². The lowest BCUT2D eigenvalue weighted by Crippen LogP contribution is -1.98. The molecule has 1 heterocycles. The molecular formula is C13H17N3O2. The Morgan fingerprint density at radius 2 is 2.11 bits per heavy atom. The van der Waals surface area contributed by atoms with Gasteiger partial charge in [0.15, 0.2) is 0 Å². The summed E-state index contributed by atoms with van der Waals surface area (Å²) >= 11 is 0. The fraction of sp³-hybridized carbons (Fsp3) is 0.308. The summed E-state index contributed by atoms with van der Waals surface area (Å²) in [5, 5.41) is 0. The van der Waals surface area contributed by atoms with Gasteiger partial charge >= 0.3 is 0 Å². The maximum atomic E-state index is 5.54. The summed E-state index contributed by atoms with van der Waals surface area (Å²) in [4.78, 5) is 7.45. The zero-order chi connectivity index (χ0) is 13.0. The van der Waals surface area contributed by atoms with Gasteiger partial charge in [-0.25, -0.2) is 4.98 Å². The van der Waals surface area contributed by atoms with Gasteiger partial charge < -0.3 is 20.2 Å². The van der Waals surface area contributed by atoms with E-state index in [4.69, 9.17) is 15.2 Å². The minimum Gasteiger partial charge on any atom is -0.497 e. The van der Waals surface area contributed by atoms with Gasteiger partial charge in [0.1, 0.15) is 17.3 Å². The van der Waals surface area contributed by atoms with Crippen molar-refractivity contribution in [1.82, 2.24) is 9.97 Å². The zero-order valence-corrected chi connectivity index (χ0v) is 10.6. The Morgan fingerprint density at radius 1 is 1.28 bits per heavy atom. The van der Waals surface area contributed by atoms with Crippen molar-refractivity contribution in [2.45, 2.75) is 13.0 Å². The molecule has 18 heavy (non-hydrogen) atoms. The molecule has 0 aliphatic rings. The minimum atomic E-state index is 0.465. The van der Waals surface area contributed by atoms with Gasteiger partial charge in [-0.2, -0.15) is 0 Å². The fourth-order valence-electron chi connectivity index (χ4n) is 1.78. The molecule has 0 saturated heterocycles. The molecule has 2 aromatic rings. The number of ether oxygens (including phenoxy) is 2. The lowest BCUT2D eigenvalue weighted by molar-refractivity contribution is 0.391. The molecule has 0 fully saturated rings. The van der Waals surface area contributed by atoms with Crippen LogP contribution in [0.2, 0.25) is 0 Å². The molecule has 0 unspecified atom stereocenters. The van der Waals surface area contributed by atoms with Crippen LogP contribution >= 0.6 is 0 Å². The van der Waals surface area contributed by atoms with Gasteiger partial charge in [-0.15, -0.1) is 0 Å². The molecule has 0 aliphatic heterocycles. The highest BCUT2D eigenvalue weighted by Crippen LogP contribution is 2.25. The van der Waals surface area contributed by atoms with Crippen molar-refractivity contribution < 1.29 is 9.47 Å². The highest BCUT2D eigenvalue weighted by Gasteiger charge is 2.08. The van der Waals surface area contributed by atoms with E-state index in [1.54, 1.807) is 20.4 Å². The maximum absolute atomic E-state index is 5.54. The van der Waals surface area contributed by atoms with Gasteiger partial charge in [0.05, 0.1) is 14.2 Å². The standard InChI is InChI=1S/C13H17N3O2/c1-17-11-4-3-9(12(6-11)18-2)5-13-15-8-10(7-14)16-13/h3-4,6,8H,5,7,14H2,1-2H3,(H,15,16). The summed E-state index contributed by atoms with van der Waals surface area (Å²) in [7, 11) is 3.28. The molecule has 5 nitrogen and oxygen atoms in total. The topological polar surface area (TPSA) is 73.2 Å². The third-order valence-electron chi connectivity index (χ3n) is 2.75. The number of rotatable bonds is 5. The van der Waals surface area contributed by atoms with E-state index in [-0.39, 0.29) is 0 Å². The van der Waals surface area contributed by atoms with Gasteiger partial charge in [-0.05, 0) is 6.07 Å². The number of hydrogen-bond donors (Lipinski definition) is 2. The van der Waals surface area contributed by atoms with Gasteiger partial charge in [0, 0.05) is 36.5 Å². The molecule has 0 saturated carbocycles. The summed E-state index contributed by atoms with van der Waals surface area (Å²) in [6.45, 7) is 0.465. The highest BCUT2D eigenvalue weighted by atomic mass is 16.5. The molecule has 0 aliphatic carbocycles. The monoisotopic (exact) mass is 247 g/mol. The normalized spacial score (nSPS) is 10.4. The molecule has 96 valence electrons. The van der Waals surface area contributed by atoms with Crippen LogP contribution in [0.1, 0.15) is 17.1 Å². The Morgan fingerprint density at radius 3 is 2.72 bits per heavy atom. The first-order chi connectivity index (χ1) is 8.76. The van der Waals surface area contributed by atoms with Crippen molar-refractivity contribution in [3.63, 3.8) is 0 Å². The van der Waals surface area contributed by atoms with E-state index in [9.17, 15) is 0 Å². The number of methoxy groups -OCH3 is 2. The van der Waals surface area contributed by atoms with E-state index in [0.717, 1.165) is 28.6 Å². The number of nitrogens with two attached hydrogens (primary N) is 1. The molecule has 0 spiro atoms. The summed E-state index contributed by atoms with van der Waals surface area (Å²) in [5.74, 6) is 2.44. The van der Waals surface area contributed by atoms with Crippen LogP contribution in [0.15, 0.2) is 24.4 Å². The maximum Gasteiger partial charge on any atom is 0.126 e. The van der Waals surface area contributed by atoms with Crippen LogP contribution in [0.4, 0.5) is 0 Å². The largest absolute Gasteiger partial charge is 0.497 e. The van der Waals surface area contributed by atoms with Gasteiger partial charge in [0.25, 0.3) is 0 Å². The smallest absolute Gasteiger partial charge is 0.126 e. The number of aromatic amines is 1. The summed E-state index contributed by atoms with van der Waals surface area (Å²) in [5.41, 5.74) is 7.52. The van der Waals surface area contributed by atoms with Crippen molar-refractivity contribution in [3.05, 3.63) is 41.5 Å². The SMILES string of the molecule is COc1ccc(Cc2ncc(CN)[nH]2)c(OC)c1. The molecule has 1 aromatic heterocycles. The van der Waals surface area contributed by atoms with E-state index in [0.29, 0.717) is 13.0 Å². The Kier molecular flexibility index (Phi) is 3.84. The summed E-state index contributed by atoms with van der Waals surface area (Å²) in [6, 6.07) is 5.75. The summed E-state index contributed by atoms with van der Waals surface area (Å²) < 4.78 is 10.5. The second-order valence-electron chi connectivity index (χ2n) is 3.91. The quantitative estimate of drug-likeness (QED) is 0.839. The molecule has 0 radical (unpaired) electrons. The number of benzene rings is 1. The third-order valence-corrected chi connectivity index (χ3v) is 2.75. The number of H-pyrrole nitrogens is 1. The zero-order valence-electron chi connectivity index (χ0n) is 10.6. The third kappa shape index (κ3) is 2.62. The van der Waals surface area contributed by atoms with Gasteiger partial charge in [0.2, 0.25) is 0 Å². The van der Waals surface area contributed by atoms with Crippen molar-refractivity contribution >= 4 is 0 Å². The van der Waals surface area contributed by atoms with Crippen molar-refractivity contribution in [2.75, 3.05) is 14.2 Å². The van der Waals surface area contributed by atoms with E-state index in [1.807, 2.05) is 18.2 Å².